The normalized spacial score (nSPS) is 10.7. The Balaban J connectivity index is 0.000000136. The number of fused-ring (bicyclic) bond motifs is 2. The third-order valence-electron chi connectivity index (χ3n) is 2.89. The van der Waals surface area contributed by atoms with E-state index in [2.05, 4.69) is 9.97 Å². The molecule has 0 aliphatic heterocycles. The van der Waals surface area contributed by atoms with Crippen molar-refractivity contribution in [3.8, 4) is 0 Å². The minimum Gasteiger partial charge on any atom is -0.337 e. The minimum absolute atomic E-state index is 0.738. The Hall–Kier alpha value is -0.630. The molecule has 0 fully saturated rings. The van der Waals surface area contributed by atoms with Crippen LogP contribution in [-0.4, -0.2) is 16.2 Å². The van der Waals surface area contributed by atoms with Gasteiger partial charge in [0.25, 0.3) is 0 Å². The third-order valence-corrected chi connectivity index (χ3v) is 6.59. The number of thioether (sulfide) groups is 1. The lowest BCUT2D eigenvalue weighted by Crippen LogP contribution is -1.67. The van der Waals surface area contributed by atoms with Crippen LogP contribution in [0.1, 0.15) is 0 Å². The van der Waals surface area contributed by atoms with Gasteiger partial charge < -0.3 is 4.98 Å². The van der Waals surface area contributed by atoms with Gasteiger partial charge in [-0.3, -0.25) is 0 Å². The van der Waals surface area contributed by atoms with Crippen molar-refractivity contribution in [2.45, 2.75) is 4.34 Å². The average molecular weight is 417 g/mol. The fraction of sp³-hybridized carbons (Fsp3) is 0.0667. The number of halogens is 2. The number of benzene rings is 2. The van der Waals surface area contributed by atoms with Gasteiger partial charge in [0.05, 0.1) is 20.4 Å². The predicted molar refractivity (Wildman–Crippen MR) is 108 cm³/mol. The van der Waals surface area contributed by atoms with E-state index in [-0.39, 0.29) is 0 Å². The number of thiazole rings is 2. The predicted octanol–water partition coefficient (Wildman–Crippen LogP) is 7.28. The average Bonchev–Trinajstić information content (AvgIpc) is 3.08. The van der Waals surface area contributed by atoms with Gasteiger partial charge in [-0.25, -0.2) is 4.98 Å². The lowest BCUT2D eigenvalue weighted by molar-refractivity contribution is 1.31. The molecule has 118 valence electrons. The molecule has 2 aromatic carbocycles. The van der Waals surface area contributed by atoms with Crippen molar-refractivity contribution < 1.29 is 0 Å². The van der Waals surface area contributed by atoms with E-state index in [9.17, 15) is 0 Å². The topological polar surface area (TPSA) is 28.7 Å². The van der Waals surface area contributed by atoms with Gasteiger partial charge in [0.15, 0.2) is 8.29 Å². The molecule has 0 amide bonds. The van der Waals surface area contributed by atoms with Crippen LogP contribution in [0, 0.1) is 3.95 Å². The molecule has 4 aromatic rings. The second kappa shape index (κ2) is 7.51. The quantitative estimate of drug-likeness (QED) is 0.261. The van der Waals surface area contributed by atoms with Crippen LogP contribution in [0.3, 0.4) is 0 Å². The van der Waals surface area contributed by atoms with Crippen molar-refractivity contribution >= 4 is 90.3 Å². The molecule has 2 nitrogen and oxygen atoms in total. The van der Waals surface area contributed by atoms with Crippen molar-refractivity contribution in [3.05, 3.63) is 50.4 Å². The number of rotatable bonds is 1. The summed E-state index contributed by atoms with van der Waals surface area (Å²) in [4.78, 5) is 7.44. The summed E-state index contributed by atoms with van der Waals surface area (Å²) in [7, 11) is 0. The number of hydrogen-bond donors (Lipinski definition) is 1. The van der Waals surface area contributed by atoms with Crippen LogP contribution in [0.2, 0.25) is 10.0 Å². The molecule has 2 heterocycles. The Morgan fingerprint density at radius 3 is 2.48 bits per heavy atom. The van der Waals surface area contributed by atoms with Gasteiger partial charge in [-0.1, -0.05) is 35.0 Å². The molecule has 0 atom stereocenters. The van der Waals surface area contributed by atoms with Gasteiger partial charge in [0.2, 0.25) is 0 Å². The number of aromatic amines is 1. The maximum atomic E-state index is 5.83. The molecular weight excluding hydrogens is 407 g/mol. The summed E-state index contributed by atoms with van der Waals surface area (Å²) in [5.41, 5.74) is 2.02. The molecule has 0 radical (unpaired) electrons. The molecule has 0 bridgehead atoms. The number of nitrogens with one attached hydrogen (secondary N) is 1. The lowest BCUT2D eigenvalue weighted by atomic mass is 10.3. The molecule has 1 N–H and O–H groups in total. The molecule has 0 unspecified atom stereocenters. The summed E-state index contributed by atoms with van der Waals surface area (Å²) in [5.74, 6) is 0. The van der Waals surface area contributed by atoms with E-state index in [4.69, 9.17) is 35.4 Å². The highest BCUT2D eigenvalue weighted by Crippen LogP contribution is 2.29. The Labute approximate surface area is 160 Å². The summed E-state index contributed by atoms with van der Waals surface area (Å²) < 4.78 is 4.23. The van der Waals surface area contributed by atoms with E-state index in [1.807, 2.05) is 42.7 Å². The van der Waals surface area contributed by atoms with Gasteiger partial charge in [-0.15, -0.1) is 22.7 Å². The van der Waals surface area contributed by atoms with Crippen molar-refractivity contribution in [2.24, 2.45) is 0 Å². The van der Waals surface area contributed by atoms with Crippen LogP contribution in [0.15, 0.2) is 40.7 Å². The van der Waals surface area contributed by atoms with E-state index in [0.717, 1.165) is 34.1 Å². The number of H-pyrrole nitrogens is 1. The summed E-state index contributed by atoms with van der Waals surface area (Å²) >= 11 is 21.5. The molecule has 0 saturated carbocycles. The third kappa shape index (κ3) is 4.26. The summed E-state index contributed by atoms with van der Waals surface area (Å²) in [5, 5.41) is 1.49. The first-order chi connectivity index (χ1) is 11.0. The zero-order chi connectivity index (χ0) is 16.4. The van der Waals surface area contributed by atoms with E-state index in [0.29, 0.717) is 0 Å². The Kier molecular flexibility index (Phi) is 5.61. The van der Waals surface area contributed by atoms with Gasteiger partial charge >= 0.3 is 0 Å². The molecule has 0 aliphatic carbocycles. The first-order valence-electron chi connectivity index (χ1n) is 6.43. The van der Waals surface area contributed by atoms with E-state index < -0.39 is 0 Å². The summed E-state index contributed by atoms with van der Waals surface area (Å²) in [6.07, 6.45) is 2.03. The van der Waals surface area contributed by atoms with Crippen LogP contribution >= 0.6 is 69.9 Å². The van der Waals surface area contributed by atoms with Crippen LogP contribution < -0.4 is 0 Å². The molecule has 0 spiro atoms. The fourth-order valence-corrected chi connectivity index (χ4v) is 4.80. The second-order valence-electron chi connectivity index (χ2n) is 4.45. The fourth-order valence-electron chi connectivity index (χ4n) is 1.89. The van der Waals surface area contributed by atoms with E-state index in [1.165, 1.54) is 4.70 Å². The smallest absolute Gasteiger partial charge is 0.159 e. The van der Waals surface area contributed by atoms with Crippen molar-refractivity contribution in [1.29, 1.82) is 0 Å². The molecule has 8 heteroatoms. The van der Waals surface area contributed by atoms with Gasteiger partial charge in [-0.05, 0) is 54.9 Å². The minimum atomic E-state index is 0.738. The van der Waals surface area contributed by atoms with Crippen LogP contribution in [0.25, 0.3) is 20.4 Å². The van der Waals surface area contributed by atoms with Gasteiger partial charge in [-0.2, -0.15) is 0 Å². The van der Waals surface area contributed by atoms with Crippen LogP contribution in [0.4, 0.5) is 0 Å². The maximum absolute atomic E-state index is 5.83. The molecular formula is C15H10Cl2N2S4. The molecule has 23 heavy (non-hydrogen) atoms. The van der Waals surface area contributed by atoms with Crippen LogP contribution in [0.5, 0.6) is 0 Å². The first-order valence-corrected chi connectivity index (χ1v) is 10.5. The standard InChI is InChI=1S/C8H6ClNS2.C7H4ClNS2/c1-11-8-10-6-4-5(9)2-3-7(6)12-8;8-4-1-2-6-5(3-4)9-7(10)11-6/h2-4H,1H3;1-3H,(H,9,10). The Morgan fingerprint density at radius 2 is 1.74 bits per heavy atom. The SMILES string of the molecule is CSc1nc2cc(Cl)ccc2s1.S=c1[nH]c2cc(Cl)ccc2s1. The van der Waals surface area contributed by atoms with Crippen LogP contribution in [-0.2, 0) is 0 Å². The molecule has 2 aromatic heterocycles. The lowest BCUT2D eigenvalue weighted by Gasteiger charge is -1.87. The zero-order valence-corrected chi connectivity index (χ0v) is 16.6. The first kappa shape index (κ1) is 17.2. The van der Waals surface area contributed by atoms with Gasteiger partial charge in [0, 0.05) is 10.0 Å². The van der Waals surface area contributed by atoms with E-state index in [1.54, 1.807) is 34.4 Å². The number of hydrogen-bond acceptors (Lipinski definition) is 5. The molecule has 0 saturated heterocycles. The van der Waals surface area contributed by atoms with Crippen molar-refractivity contribution in [3.63, 3.8) is 0 Å². The zero-order valence-electron chi connectivity index (χ0n) is 11.8. The highest BCUT2D eigenvalue weighted by molar-refractivity contribution is 8.00. The molecule has 0 aliphatic rings. The number of nitrogens with zero attached hydrogens (tertiary/aromatic N) is 1. The van der Waals surface area contributed by atoms with Gasteiger partial charge in [0.1, 0.15) is 0 Å². The number of aromatic nitrogens is 2. The monoisotopic (exact) mass is 416 g/mol. The Morgan fingerprint density at radius 1 is 1.04 bits per heavy atom. The molecule has 4 rings (SSSR count). The highest BCUT2D eigenvalue weighted by atomic mass is 35.5. The Bertz CT molecular complexity index is 1020. The summed E-state index contributed by atoms with van der Waals surface area (Å²) in [6, 6.07) is 11.5. The van der Waals surface area contributed by atoms with Crippen molar-refractivity contribution in [2.75, 3.05) is 6.26 Å². The maximum Gasteiger partial charge on any atom is 0.159 e. The summed E-state index contributed by atoms with van der Waals surface area (Å²) in [6.45, 7) is 0. The van der Waals surface area contributed by atoms with E-state index >= 15 is 0 Å². The largest absolute Gasteiger partial charge is 0.337 e. The second-order valence-corrected chi connectivity index (χ2v) is 9.13. The van der Waals surface area contributed by atoms with Crippen molar-refractivity contribution in [1.82, 2.24) is 9.97 Å². The highest BCUT2D eigenvalue weighted by Gasteiger charge is 2.02.